The summed E-state index contributed by atoms with van der Waals surface area (Å²) >= 11 is 0. The molecule has 5 rings (SSSR count). The Balaban J connectivity index is 1.20. The molecule has 0 atom stereocenters. The molecule has 8 heteroatoms. The molecule has 0 aliphatic heterocycles. The SMILES string of the molecule is Cc1nn(C)c2cc(-c3noc(C4CCC(NC(=O)Oc5ccccc5)CC4)n3)ccc12. The molecule has 2 heterocycles. The van der Waals surface area contributed by atoms with Crippen molar-refractivity contribution in [3.05, 3.63) is 60.1 Å². The molecular formula is C24H25N5O3. The van der Waals surface area contributed by atoms with Gasteiger partial charge in [-0.15, -0.1) is 0 Å². The number of carbonyl (C=O) groups is 1. The molecule has 0 radical (unpaired) electrons. The number of aryl methyl sites for hydroxylation is 2. The van der Waals surface area contributed by atoms with E-state index in [2.05, 4.69) is 26.6 Å². The molecule has 8 nitrogen and oxygen atoms in total. The lowest BCUT2D eigenvalue weighted by molar-refractivity contribution is 0.189. The number of ether oxygens (including phenoxy) is 1. The van der Waals surface area contributed by atoms with Gasteiger partial charge in [-0.05, 0) is 50.8 Å². The van der Waals surface area contributed by atoms with Crippen molar-refractivity contribution in [3.8, 4) is 17.1 Å². The van der Waals surface area contributed by atoms with Crippen molar-refractivity contribution in [2.75, 3.05) is 0 Å². The maximum atomic E-state index is 12.1. The van der Waals surface area contributed by atoms with Crippen molar-refractivity contribution in [1.29, 1.82) is 0 Å². The number of amides is 1. The highest BCUT2D eigenvalue weighted by Gasteiger charge is 2.28. The van der Waals surface area contributed by atoms with Crippen LogP contribution in [0.2, 0.25) is 0 Å². The fourth-order valence-electron chi connectivity index (χ4n) is 4.37. The van der Waals surface area contributed by atoms with E-state index in [1.807, 2.05) is 49.0 Å². The molecule has 1 fully saturated rings. The second-order valence-corrected chi connectivity index (χ2v) is 8.29. The van der Waals surface area contributed by atoms with Crippen molar-refractivity contribution in [2.24, 2.45) is 7.05 Å². The van der Waals surface area contributed by atoms with Gasteiger partial charge >= 0.3 is 6.09 Å². The molecule has 1 aliphatic rings. The van der Waals surface area contributed by atoms with Crippen LogP contribution in [0.3, 0.4) is 0 Å². The predicted molar refractivity (Wildman–Crippen MR) is 119 cm³/mol. The minimum absolute atomic E-state index is 0.0836. The zero-order valence-corrected chi connectivity index (χ0v) is 18.1. The van der Waals surface area contributed by atoms with Crippen LogP contribution < -0.4 is 10.1 Å². The highest BCUT2D eigenvalue weighted by atomic mass is 16.6. The van der Waals surface area contributed by atoms with E-state index in [4.69, 9.17) is 9.26 Å². The summed E-state index contributed by atoms with van der Waals surface area (Å²) in [6, 6.07) is 15.3. The van der Waals surface area contributed by atoms with E-state index >= 15 is 0 Å². The third-order valence-corrected chi connectivity index (χ3v) is 6.09. The number of para-hydroxylation sites is 1. The zero-order valence-electron chi connectivity index (χ0n) is 18.1. The lowest BCUT2D eigenvalue weighted by Gasteiger charge is -2.26. The monoisotopic (exact) mass is 431 g/mol. The van der Waals surface area contributed by atoms with Gasteiger partial charge in [0.15, 0.2) is 0 Å². The van der Waals surface area contributed by atoms with Gasteiger partial charge in [-0.25, -0.2) is 4.79 Å². The van der Waals surface area contributed by atoms with Gasteiger partial charge in [-0.1, -0.05) is 35.5 Å². The van der Waals surface area contributed by atoms with Crippen LogP contribution in [0.5, 0.6) is 5.75 Å². The molecule has 1 saturated carbocycles. The third-order valence-electron chi connectivity index (χ3n) is 6.09. The summed E-state index contributed by atoms with van der Waals surface area (Å²) in [6.45, 7) is 2.00. The minimum atomic E-state index is -0.416. The Morgan fingerprint density at radius 2 is 1.91 bits per heavy atom. The third kappa shape index (κ3) is 4.08. The van der Waals surface area contributed by atoms with Crippen molar-refractivity contribution in [2.45, 2.75) is 44.6 Å². The number of nitrogens with zero attached hydrogens (tertiary/aromatic N) is 4. The molecule has 2 aromatic carbocycles. The maximum Gasteiger partial charge on any atom is 0.412 e. The smallest absolute Gasteiger partial charge is 0.410 e. The summed E-state index contributed by atoms with van der Waals surface area (Å²) in [4.78, 5) is 16.8. The van der Waals surface area contributed by atoms with Gasteiger partial charge in [0, 0.05) is 30.0 Å². The molecule has 1 amide bonds. The van der Waals surface area contributed by atoms with Crippen LogP contribution >= 0.6 is 0 Å². The van der Waals surface area contributed by atoms with E-state index in [1.165, 1.54) is 0 Å². The number of hydrogen-bond acceptors (Lipinski definition) is 6. The van der Waals surface area contributed by atoms with E-state index in [9.17, 15) is 4.79 Å². The van der Waals surface area contributed by atoms with E-state index < -0.39 is 6.09 Å². The molecule has 2 aromatic heterocycles. The summed E-state index contributed by atoms with van der Waals surface area (Å²) < 4.78 is 12.8. The predicted octanol–water partition coefficient (Wildman–Crippen LogP) is 4.75. The molecule has 1 aliphatic carbocycles. The van der Waals surface area contributed by atoms with Gasteiger partial charge in [0.1, 0.15) is 5.75 Å². The molecule has 1 N–H and O–H groups in total. The molecule has 0 unspecified atom stereocenters. The Hall–Kier alpha value is -3.68. The quantitative estimate of drug-likeness (QED) is 0.501. The van der Waals surface area contributed by atoms with Crippen molar-refractivity contribution in [1.82, 2.24) is 25.2 Å². The fourth-order valence-corrected chi connectivity index (χ4v) is 4.37. The molecule has 0 spiro atoms. The number of benzene rings is 2. The van der Waals surface area contributed by atoms with Crippen LogP contribution in [0.4, 0.5) is 4.79 Å². The number of hydrogen-bond donors (Lipinski definition) is 1. The Labute approximate surface area is 185 Å². The van der Waals surface area contributed by atoms with Crippen LogP contribution in [-0.2, 0) is 7.05 Å². The van der Waals surface area contributed by atoms with Gasteiger partial charge in [0.25, 0.3) is 0 Å². The fraction of sp³-hybridized carbons (Fsp3) is 0.333. The van der Waals surface area contributed by atoms with E-state index in [0.29, 0.717) is 17.5 Å². The normalized spacial score (nSPS) is 18.6. The number of carbonyl (C=O) groups excluding carboxylic acids is 1. The molecule has 4 aromatic rings. The first-order valence-corrected chi connectivity index (χ1v) is 10.9. The van der Waals surface area contributed by atoms with Crippen molar-refractivity contribution in [3.63, 3.8) is 0 Å². The molecule has 0 saturated heterocycles. The largest absolute Gasteiger partial charge is 0.412 e. The van der Waals surface area contributed by atoms with Crippen LogP contribution in [0, 0.1) is 6.92 Å². The second kappa shape index (κ2) is 8.45. The summed E-state index contributed by atoms with van der Waals surface area (Å²) in [5.74, 6) is 1.98. The van der Waals surface area contributed by atoms with Crippen LogP contribution in [0.1, 0.15) is 43.2 Å². The Bertz CT molecular complexity index is 1240. The average Bonchev–Trinajstić information content (AvgIpc) is 3.40. The Kier molecular flexibility index (Phi) is 5.34. The van der Waals surface area contributed by atoms with Crippen LogP contribution in [0.25, 0.3) is 22.3 Å². The number of fused-ring (bicyclic) bond motifs is 1. The first kappa shape index (κ1) is 20.2. The standard InChI is InChI=1S/C24H25N5O3/c1-15-20-13-10-17(14-21(20)29(2)27-15)22-26-23(32-28-22)16-8-11-18(12-9-16)25-24(30)31-19-6-4-3-5-7-19/h3-7,10,13-14,16,18H,8-9,11-12H2,1-2H3,(H,25,30). The minimum Gasteiger partial charge on any atom is -0.410 e. The molecule has 164 valence electrons. The van der Waals surface area contributed by atoms with E-state index in [-0.39, 0.29) is 12.0 Å². The highest BCUT2D eigenvalue weighted by Crippen LogP contribution is 2.33. The van der Waals surface area contributed by atoms with Crippen molar-refractivity contribution >= 4 is 17.0 Å². The summed E-state index contributed by atoms with van der Waals surface area (Å²) in [5.41, 5.74) is 2.95. The Morgan fingerprint density at radius 3 is 2.69 bits per heavy atom. The Morgan fingerprint density at radius 1 is 1.12 bits per heavy atom. The van der Waals surface area contributed by atoms with Crippen LogP contribution in [0.15, 0.2) is 53.1 Å². The van der Waals surface area contributed by atoms with Crippen molar-refractivity contribution < 1.29 is 14.1 Å². The number of nitrogens with one attached hydrogen (secondary N) is 1. The summed E-state index contributed by atoms with van der Waals surface area (Å²) in [7, 11) is 1.93. The van der Waals surface area contributed by atoms with Gasteiger partial charge in [-0.3, -0.25) is 4.68 Å². The number of rotatable bonds is 4. The molecule has 0 bridgehead atoms. The lowest BCUT2D eigenvalue weighted by Crippen LogP contribution is -2.39. The number of aromatic nitrogens is 4. The molecular weight excluding hydrogens is 406 g/mol. The van der Waals surface area contributed by atoms with Gasteiger partial charge in [0.05, 0.1) is 11.2 Å². The first-order valence-electron chi connectivity index (χ1n) is 10.9. The average molecular weight is 431 g/mol. The summed E-state index contributed by atoms with van der Waals surface area (Å²) in [5, 5.41) is 12.8. The van der Waals surface area contributed by atoms with Gasteiger partial charge in [0.2, 0.25) is 11.7 Å². The van der Waals surface area contributed by atoms with Crippen LogP contribution in [-0.4, -0.2) is 32.1 Å². The van der Waals surface area contributed by atoms with Gasteiger partial charge < -0.3 is 14.6 Å². The van der Waals surface area contributed by atoms with E-state index in [1.54, 1.807) is 12.1 Å². The summed E-state index contributed by atoms with van der Waals surface area (Å²) in [6.07, 6.45) is 3.01. The topological polar surface area (TPSA) is 95.1 Å². The second-order valence-electron chi connectivity index (χ2n) is 8.29. The van der Waals surface area contributed by atoms with E-state index in [0.717, 1.165) is 47.8 Å². The molecule has 32 heavy (non-hydrogen) atoms. The maximum absolute atomic E-state index is 12.1. The van der Waals surface area contributed by atoms with Gasteiger partial charge in [-0.2, -0.15) is 10.1 Å². The lowest BCUT2D eigenvalue weighted by atomic mass is 9.86. The zero-order chi connectivity index (χ0) is 22.1. The first-order chi connectivity index (χ1) is 15.6. The highest BCUT2D eigenvalue weighted by molar-refractivity contribution is 5.85.